The Morgan fingerprint density at radius 1 is 1.16 bits per heavy atom. The lowest BCUT2D eigenvalue weighted by molar-refractivity contribution is -0.162. The first-order valence-corrected chi connectivity index (χ1v) is 6.51. The van der Waals surface area contributed by atoms with Gasteiger partial charge in [-0.05, 0) is 19.4 Å². The minimum atomic E-state index is -0.886. The van der Waals surface area contributed by atoms with Crippen LogP contribution in [-0.2, 0) is 14.3 Å². The third kappa shape index (κ3) is 1.93. The highest BCUT2D eigenvalue weighted by Gasteiger charge is 2.59. The van der Waals surface area contributed by atoms with Crippen LogP contribution in [0.4, 0.5) is 0 Å². The molecule has 0 bridgehead atoms. The van der Waals surface area contributed by atoms with E-state index in [4.69, 9.17) is 9.47 Å². The smallest absolute Gasteiger partial charge is 0.334 e. The van der Waals surface area contributed by atoms with E-state index in [0.717, 1.165) is 5.57 Å². The van der Waals surface area contributed by atoms with E-state index in [-0.39, 0.29) is 5.97 Å². The van der Waals surface area contributed by atoms with Gasteiger partial charge in [0.05, 0.1) is 13.2 Å². The van der Waals surface area contributed by atoms with Gasteiger partial charge < -0.3 is 14.6 Å². The maximum atomic E-state index is 12.2. The van der Waals surface area contributed by atoms with E-state index in [1.54, 1.807) is 7.11 Å². The van der Waals surface area contributed by atoms with Crippen LogP contribution < -0.4 is 0 Å². The maximum absolute atomic E-state index is 12.2. The van der Waals surface area contributed by atoms with Crippen molar-refractivity contribution in [1.29, 1.82) is 0 Å². The molecule has 0 saturated carbocycles. The Labute approximate surface area is 115 Å². The Morgan fingerprint density at radius 3 is 2.00 bits per heavy atom. The number of methoxy groups -OCH3 is 2. The van der Waals surface area contributed by atoms with Crippen molar-refractivity contribution in [2.45, 2.75) is 53.2 Å². The van der Waals surface area contributed by atoms with Crippen molar-refractivity contribution >= 4 is 5.97 Å². The van der Waals surface area contributed by atoms with Crippen LogP contribution in [0.25, 0.3) is 0 Å². The molecule has 0 radical (unpaired) electrons. The van der Waals surface area contributed by atoms with Crippen molar-refractivity contribution < 1.29 is 19.4 Å². The van der Waals surface area contributed by atoms with Crippen molar-refractivity contribution in [3.05, 3.63) is 11.1 Å². The molecule has 0 aromatic carbocycles. The molecule has 4 nitrogen and oxygen atoms in total. The number of carbonyl (C=O) groups excluding carboxylic acids is 1. The van der Waals surface area contributed by atoms with Gasteiger partial charge in [-0.25, -0.2) is 4.79 Å². The van der Waals surface area contributed by atoms with Crippen molar-refractivity contribution in [3.63, 3.8) is 0 Å². The minimum Gasteiger partial charge on any atom is -0.466 e. The Bertz CT molecular complexity index is 420. The predicted molar refractivity (Wildman–Crippen MR) is 73.7 cm³/mol. The number of hydrogen-bond acceptors (Lipinski definition) is 4. The van der Waals surface area contributed by atoms with Crippen LogP contribution in [0.3, 0.4) is 0 Å². The molecule has 0 spiro atoms. The first-order chi connectivity index (χ1) is 8.48. The number of hydrogen-bond donors (Lipinski definition) is 1. The van der Waals surface area contributed by atoms with Gasteiger partial charge in [0.15, 0.2) is 0 Å². The molecule has 19 heavy (non-hydrogen) atoms. The molecular formula is C15H26O4. The monoisotopic (exact) mass is 270 g/mol. The van der Waals surface area contributed by atoms with E-state index in [1.807, 2.05) is 41.5 Å². The second kappa shape index (κ2) is 4.60. The molecule has 0 aromatic rings. The summed E-state index contributed by atoms with van der Waals surface area (Å²) in [7, 11) is 2.93. The quantitative estimate of drug-likeness (QED) is 0.782. The molecule has 1 rings (SSSR count). The molecule has 0 amide bonds. The lowest BCUT2D eigenvalue weighted by Crippen LogP contribution is -2.61. The number of aliphatic hydroxyl groups is 1. The molecule has 0 aliphatic heterocycles. The van der Waals surface area contributed by atoms with E-state index in [1.165, 1.54) is 7.11 Å². The van der Waals surface area contributed by atoms with E-state index < -0.39 is 22.5 Å². The van der Waals surface area contributed by atoms with Gasteiger partial charge in [0.2, 0.25) is 0 Å². The zero-order valence-corrected chi connectivity index (χ0v) is 13.2. The summed E-state index contributed by atoms with van der Waals surface area (Å²) in [6.07, 6.45) is -0.714. The number of ether oxygens (including phenoxy) is 2. The topological polar surface area (TPSA) is 55.8 Å². The molecule has 1 N–H and O–H groups in total. The number of aliphatic hydroxyl groups excluding tert-OH is 1. The van der Waals surface area contributed by atoms with Gasteiger partial charge in [-0.2, -0.15) is 0 Å². The molecule has 1 aliphatic carbocycles. The second-order valence-corrected chi connectivity index (χ2v) is 6.55. The summed E-state index contributed by atoms with van der Waals surface area (Å²) in [6.45, 7) is 11.5. The highest BCUT2D eigenvalue weighted by atomic mass is 16.5. The van der Waals surface area contributed by atoms with Crippen LogP contribution in [0.1, 0.15) is 41.5 Å². The predicted octanol–water partition coefficient (Wildman–Crippen LogP) is 2.31. The van der Waals surface area contributed by atoms with Crippen LogP contribution in [-0.4, -0.2) is 37.0 Å². The van der Waals surface area contributed by atoms with Gasteiger partial charge in [0, 0.05) is 23.5 Å². The largest absolute Gasteiger partial charge is 0.466 e. The van der Waals surface area contributed by atoms with Gasteiger partial charge >= 0.3 is 5.97 Å². The fraction of sp³-hybridized carbons (Fsp3) is 0.800. The first kappa shape index (κ1) is 16.2. The van der Waals surface area contributed by atoms with Crippen molar-refractivity contribution in [2.24, 2.45) is 10.8 Å². The molecule has 0 heterocycles. The third-order valence-corrected chi connectivity index (χ3v) is 5.37. The summed E-state index contributed by atoms with van der Waals surface area (Å²) in [5.74, 6) is -0.356. The summed E-state index contributed by atoms with van der Waals surface area (Å²) in [4.78, 5) is 12.2. The average Bonchev–Trinajstić information content (AvgIpc) is 2.34. The van der Waals surface area contributed by atoms with Gasteiger partial charge in [-0.1, -0.05) is 27.7 Å². The molecule has 0 aromatic heterocycles. The Balaban J connectivity index is 3.67. The fourth-order valence-electron chi connectivity index (χ4n) is 3.05. The van der Waals surface area contributed by atoms with Crippen LogP contribution in [0.5, 0.6) is 0 Å². The lowest BCUT2D eigenvalue weighted by Gasteiger charge is -2.56. The van der Waals surface area contributed by atoms with Crippen LogP contribution in [0.15, 0.2) is 11.1 Å². The Morgan fingerprint density at radius 2 is 1.63 bits per heavy atom. The van der Waals surface area contributed by atoms with Crippen molar-refractivity contribution in [2.75, 3.05) is 14.2 Å². The molecule has 2 unspecified atom stereocenters. The molecule has 110 valence electrons. The van der Waals surface area contributed by atoms with Crippen molar-refractivity contribution in [1.82, 2.24) is 0 Å². The third-order valence-electron chi connectivity index (χ3n) is 5.37. The highest BCUT2D eigenvalue weighted by molar-refractivity contribution is 5.91. The molecular weight excluding hydrogens is 244 g/mol. The molecule has 1 aliphatic rings. The van der Waals surface area contributed by atoms with Gasteiger partial charge in [0.25, 0.3) is 0 Å². The second-order valence-electron chi connectivity index (χ2n) is 6.55. The van der Waals surface area contributed by atoms with E-state index in [9.17, 15) is 9.90 Å². The summed E-state index contributed by atoms with van der Waals surface area (Å²) in [5, 5.41) is 10.7. The average molecular weight is 270 g/mol. The molecule has 4 heteroatoms. The summed E-state index contributed by atoms with van der Waals surface area (Å²) in [5.41, 5.74) is -0.598. The van der Waals surface area contributed by atoms with E-state index in [2.05, 4.69) is 0 Å². The summed E-state index contributed by atoms with van der Waals surface area (Å²) in [6, 6.07) is 0. The van der Waals surface area contributed by atoms with Gasteiger partial charge in [-0.15, -0.1) is 0 Å². The molecule has 2 atom stereocenters. The van der Waals surface area contributed by atoms with E-state index >= 15 is 0 Å². The maximum Gasteiger partial charge on any atom is 0.334 e. The summed E-state index contributed by atoms with van der Waals surface area (Å²) < 4.78 is 10.5. The molecule has 0 fully saturated rings. The van der Waals surface area contributed by atoms with Gasteiger partial charge in [0.1, 0.15) is 5.60 Å². The minimum absolute atomic E-state index is 0.356. The Hall–Kier alpha value is -0.870. The zero-order valence-electron chi connectivity index (χ0n) is 13.2. The van der Waals surface area contributed by atoms with Crippen LogP contribution >= 0.6 is 0 Å². The normalized spacial score (nSPS) is 33.2. The van der Waals surface area contributed by atoms with Crippen LogP contribution in [0, 0.1) is 10.8 Å². The number of rotatable bonds is 2. The standard InChI is InChI=1S/C15H26O4/c1-9-10(11(16)18-7)13(2,3)14(4,5)12(17)15(9,6)19-8/h12,17H,1-8H3. The fourth-order valence-corrected chi connectivity index (χ4v) is 3.05. The zero-order chi connectivity index (χ0) is 15.2. The number of esters is 1. The lowest BCUT2D eigenvalue weighted by atomic mass is 9.52. The molecule has 0 saturated heterocycles. The van der Waals surface area contributed by atoms with Crippen LogP contribution in [0.2, 0.25) is 0 Å². The number of carbonyl (C=O) groups is 1. The van der Waals surface area contributed by atoms with E-state index in [0.29, 0.717) is 5.57 Å². The SMILES string of the molecule is COC(=O)C1=C(C)C(C)(OC)C(O)C(C)(C)C1(C)C. The highest BCUT2D eigenvalue weighted by Crippen LogP contribution is 2.56. The van der Waals surface area contributed by atoms with Gasteiger partial charge in [-0.3, -0.25) is 0 Å². The van der Waals surface area contributed by atoms with Crippen molar-refractivity contribution in [3.8, 4) is 0 Å². The summed E-state index contributed by atoms with van der Waals surface area (Å²) >= 11 is 0. The first-order valence-electron chi connectivity index (χ1n) is 6.51. The Kier molecular flexibility index (Phi) is 3.92.